The Morgan fingerprint density at radius 3 is 1.32 bits per heavy atom. The minimum absolute atomic E-state index is 0.0179. The molecule has 0 N–H and O–H groups in total. The number of rotatable bonds is 4. The summed E-state index contributed by atoms with van der Waals surface area (Å²) in [6, 6.07) is 0. The summed E-state index contributed by atoms with van der Waals surface area (Å²) in [5, 5.41) is 0. The van der Waals surface area contributed by atoms with Gasteiger partial charge in [-0.05, 0) is 37.5 Å². The predicted octanol–water partition coefficient (Wildman–Crippen LogP) is 3.97. The Labute approximate surface area is 134 Å². The van der Waals surface area contributed by atoms with Crippen molar-refractivity contribution in [2.45, 2.75) is 79.4 Å². The molecule has 4 heteroatoms. The van der Waals surface area contributed by atoms with Crippen molar-refractivity contribution >= 4 is 11.9 Å². The summed E-state index contributed by atoms with van der Waals surface area (Å²) in [6.07, 6.45) is 4.23. The first-order valence-electron chi connectivity index (χ1n) is 8.60. The van der Waals surface area contributed by atoms with Gasteiger partial charge in [-0.3, -0.25) is 9.59 Å². The molecule has 0 aromatic heterocycles. The van der Waals surface area contributed by atoms with E-state index in [-0.39, 0.29) is 36.0 Å². The number of ether oxygens (including phenoxy) is 2. The van der Waals surface area contributed by atoms with E-state index in [1.165, 1.54) is 0 Å². The van der Waals surface area contributed by atoms with Crippen LogP contribution in [0.15, 0.2) is 0 Å². The van der Waals surface area contributed by atoms with Crippen LogP contribution in [0.1, 0.15) is 67.2 Å². The Kier molecular flexibility index (Phi) is 7.37. The molecule has 4 unspecified atom stereocenters. The van der Waals surface area contributed by atoms with Gasteiger partial charge < -0.3 is 9.47 Å². The predicted molar refractivity (Wildman–Crippen MR) is 86.2 cm³/mol. The topological polar surface area (TPSA) is 52.6 Å². The molecule has 0 amide bonds. The van der Waals surface area contributed by atoms with Gasteiger partial charge in [0.05, 0.1) is 11.8 Å². The van der Waals surface area contributed by atoms with Crippen LogP contribution in [-0.4, -0.2) is 24.1 Å². The first kappa shape index (κ1) is 19.0. The molecule has 0 saturated carbocycles. The van der Waals surface area contributed by atoms with E-state index in [0.717, 1.165) is 25.7 Å². The van der Waals surface area contributed by atoms with Crippen molar-refractivity contribution in [2.24, 2.45) is 23.7 Å². The molecule has 0 aliphatic carbocycles. The van der Waals surface area contributed by atoms with Crippen molar-refractivity contribution in [1.82, 2.24) is 0 Å². The monoisotopic (exact) mass is 312 g/mol. The third-order valence-corrected chi connectivity index (χ3v) is 4.07. The molecule has 2 aliphatic heterocycles. The minimum atomic E-state index is -0.0179. The number of hydrogen-bond acceptors (Lipinski definition) is 4. The fraction of sp³-hybridized carbons (Fsp3) is 0.889. The lowest BCUT2D eigenvalue weighted by Gasteiger charge is -2.10. The Balaban J connectivity index is 0.000000220. The molecule has 2 fully saturated rings. The molecule has 22 heavy (non-hydrogen) atoms. The van der Waals surface area contributed by atoms with Crippen LogP contribution in [0.2, 0.25) is 0 Å². The van der Waals surface area contributed by atoms with Crippen LogP contribution in [0.25, 0.3) is 0 Å². The Morgan fingerprint density at radius 1 is 0.818 bits per heavy atom. The van der Waals surface area contributed by atoms with E-state index in [1.807, 2.05) is 13.8 Å². The van der Waals surface area contributed by atoms with E-state index < -0.39 is 0 Å². The lowest BCUT2D eigenvalue weighted by atomic mass is 10.0. The zero-order valence-electron chi connectivity index (χ0n) is 14.9. The quantitative estimate of drug-likeness (QED) is 0.737. The van der Waals surface area contributed by atoms with Crippen LogP contribution in [0.4, 0.5) is 0 Å². The maximum Gasteiger partial charge on any atom is 0.309 e. The highest BCUT2D eigenvalue weighted by molar-refractivity contribution is 5.74. The minimum Gasteiger partial charge on any atom is -0.462 e. The third-order valence-electron chi connectivity index (χ3n) is 4.07. The number of cyclic esters (lactones) is 2. The van der Waals surface area contributed by atoms with Crippen molar-refractivity contribution in [3.05, 3.63) is 0 Å². The zero-order chi connectivity index (χ0) is 16.9. The SMILES string of the molecule is CC(C)CC1CC(C)C(=O)O1.CC(C)CC1CC(C)C(=O)O1. The van der Waals surface area contributed by atoms with Gasteiger partial charge in [-0.1, -0.05) is 41.5 Å². The standard InChI is InChI=1S/2C9H16O2/c2*1-6(2)4-8-5-7(3)9(10)11-8/h2*6-8H,4-5H2,1-3H3. The van der Waals surface area contributed by atoms with Gasteiger partial charge in [0.1, 0.15) is 12.2 Å². The Morgan fingerprint density at radius 2 is 1.14 bits per heavy atom. The van der Waals surface area contributed by atoms with Crippen LogP contribution in [0, 0.1) is 23.7 Å². The molecule has 4 nitrogen and oxygen atoms in total. The van der Waals surface area contributed by atoms with E-state index in [4.69, 9.17) is 9.47 Å². The van der Waals surface area contributed by atoms with Gasteiger partial charge in [-0.15, -0.1) is 0 Å². The van der Waals surface area contributed by atoms with Gasteiger partial charge in [-0.25, -0.2) is 0 Å². The summed E-state index contributed by atoms with van der Waals surface area (Å²) < 4.78 is 10.3. The van der Waals surface area contributed by atoms with Gasteiger partial charge in [-0.2, -0.15) is 0 Å². The van der Waals surface area contributed by atoms with Gasteiger partial charge in [0, 0.05) is 0 Å². The summed E-state index contributed by atoms with van der Waals surface area (Å²) in [5.74, 6) is 1.46. The van der Waals surface area contributed by atoms with Crippen LogP contribution >= 0.6 is 0 Å². The molecule has 128 valence electrons. The van der Waals surface area contributed by atoms with Crippen LogP contribution in [0.5, 0.6) is 0 Å². The molecule has 2 rings (SSSR count). The zero-order valence-corrected chi connectivity index (χ0v) is 14.9. The summed E-state index contributed by atoms with van der Waals surface area (Å²) in [5.41, 5.74) is 0. The van der Waals surface area contributed by atoms with Crippen molar-refractivity contribution < 1.29 is 19.1 Å². The van der Waals surface area contributed by atoms with E-state index >= 15 is 0 Å². The second-order valence-electron chi connectivity index (χ2n) is 7.65. The highest BCUT2D eigenvalue weighted by Gasteiger charge is 2.31. The van der Waals surface area contributed by atoms with Crippen molar-refractivity contribution in [3.63, 3.8) is 0 Å². The van der Waals surface area contributed by atoms with E-state index in [1.54, 1.807) is 0 Å². The maximum absolute atomic E-state index is 10.9. The second-order valence-corrected chi connectivity index (χ2v) is 7.65. The lowest BCUT2D eigenvalue weighted by molar-refractivity contribution is -0.145. The number of hydrogen-bond donors (Lipinski definition) is 0. The van der Waals surface area contributed by atoms with E-state index in [9.17, 15) is 9.59 Å². The Hall–Kier alpha value is -1.06. The third kappa shape index (κ3) is 6.37. The van der Waals surface area contributed by atoms with Gasteiger partial charge >= 0.3 is 11.9 Å². The van der Waals surface area contributed by atoms with E-state index in [0.29, 0.717) is 11.8 Å². The molecule has 2 saturated heterocycles. The molecule has 2 aliphatic rings. The number of carbonyl (C=O) groups is 2. The number of carbonyl (C=O) groups excluding carboxylic acids is 2. The summed E-state index contributed by atoms with van der Waals surface area (Å²) >= 11 is 0. The molecule has 4 atom stereocenters. The van der Waals surface area contributed by atoms with Gasteiger partial charge in [0.2, 0.25) is 0 Å². The molecular formula is C18H32O4. The lowest BCUT2D eigenvalue weighted by Crippen LogP contribution is -2.09. The molecule has 2 heterocycles. The van der Waals surface area contributed by atoms with Crippen LogP contribution in [0.3, 0.4) is 0 Å². The first-order valence-corrected chi connectivity index (χ1v) is 8.60. The molecule has 0 aromatic carbocycles. The summed E-state index contributed by atoms with van der Waals surface area (Å²) in [6.45, 7) is 12.5. The van der Waals surface area contributed by atoms with Crippen molar-refractivity contribution in [1.29, 1.82) is 0 Å². The smallest absolute Gasteiger partial charge is 0.309 e. The van der Waals surface area contributed by atoms with Gasteiger partial charge in [0.25, 0.3) is 0 Å². The summed E-state index contributed by atoms with van der Waals surface area (Å²) in [7, 11) is 0. The van der Waals surface area contributed by atoms with Crippen molar-refractivity contribution in [2.75, 3.05) is 0 Å². The summed E-state index contributed by atoms with van der Waals surface area (Å²) in [4.78, 5) is 21.9. The average Bonchev–Trinajstić information content (AvgIpc) is 2.82. The fourth-order valence-corrected chi connectivity index (χ4v) is 2.98. The number of esters is 2. The molecule has 0 aromatic rings. The largest absolute Gasteiger partial charge is 0.462 e. The molecule has 0 spiro atoms. The average molecular weight is 312 g/mol. The normalized spacial score (nSPS) is 31.1. The highest BCUT2D eigenvalue weighted by atomic mass is 16.6. The Bertz CT molecular complexity index is 339. The highest BCUT2D eigenvalue weighted by Crippen LogP contribution is 2.25. The maximum atomic E-state index is 10.9. The molecule has 0 bridgehead atoms. The fourth-order valence-electron chi connectivity index (χ4n) is 2.98. The van der Waals surface area contributed by atoms with Crippen molar-refractivity contribution in [3.8, 4) is 0 Å². The second kappa shape index (κ2) is 8.54. The van der Waals surface area contributed by atoms with Crippen LogP contribution in [-0.2, 0) is 19.1 Å². The van der Waals surface area contributed by atoms with Gasteiger partial charge in [0.15, 0.2) is 0 Å². The first-order chi connectivity index (χ1) is 10.2. The van der Waals surface area contributed by atoms with Crippen LogP contribution < -0.4 is 0 Å². The molecule has 0 radical (unpaired) electrons. The molecular weight excluding hydrogens is 280 g/mol. The van der Waals surface area contributed by atoms with E-state index in [2.05, 4.69) is 27.7 Å².